The molecule has 6 fully saturated rings. The van der Waals surface area contributed by atoms with Gasteiger partial charge in [0.2, 0.25) is 35.4 Å². The third kappa shape index (κ3) is 25.6. The number of ether oxygens (including phenoxy) is 2. The molecule has 0 radical (unpaired) electrons. The van der Waals surface area contributed by atoms with Gasteiger partial charge in [-0.1, -0.05) is 151 Å². The molecule has 2 saturated heterocycles. The van der Waals surface area contributed by atoms with Crippen LogP contribution in [0, 0.1) is 57.7 Å². The van der Waals surface area contributed by atoms with Crippen molar-refractivity contribution in [1.82, 2.24) is 20.4 Å². The summed E-state index contributed by atoms with van der Waals surface area (Å²) in [4.78, 5) is 90.8. The number of rotatable bonds is 22. The minimum Gasteiger partial charge on any atom is -0.508 e. The zero-order chi connectivity index (χ0) is 92.3. The number of benzene rings is 4. The fraction of sp³-hybridized carbons (Fsp3) is 0.656. The third-order valence-corrected chi connectivity index (χ3v) is 28.0. The van der Waals surface area contributed by atoms with Gasteiger partial charge in [0.15, 0.2) is 0 Å². The number of amides is 6. The summed E-state index contributed by atoms with van der Waals surface area (Å²) in [6.45, 7) is 28.3. The Morgan fingerprint density at radius 2 is 1.16 bits per heavy atom. The Kier molecular flexibility index (Phi) is 38.5. The van der Waals surface area contributed by atoms with Crippen molar-refractivity contribution >= 4 is 80.8 Å². The van der Waals surface area contributed by atoms with Crippen molar-refractivity contribution in [1.29, 1.82) is 0 Å². The minimum absolute atomic E-state index is 0.0137. The lowest BCUT2D eigenvalue weighted by Crippen LogP contribution is -2.59. The van der Waals surface area contributed by atoms with Gasteiger partial charge in [-0.2, -0.15) is 0 Å². The van der Waals surface area contributed by atoms with E-state index >= 15 is 0 Å². The summed E-state index contributed by atoms with van der Waals surface area (Å²) in [5.41, 5.74) is 5.81. The van der Waals surface area contributed by atoms with Gasteiger partial charge in [-0.3, -0.25) is 28.8 Å². The zero-order valence-electron chi connectivity index (χ0n) is 75.6. The summed E-state index contributed by atoms with van der Waals surface area (Å²) in [6, 6.07) is 27.9. The lowest BCUT2D eigenvalue weighted by molar-refractivity contribution is -0.238. The topological polar surface area (TPSA) is 411 Å². The first-order valence-corrected chi connectivity index (χ1v) is 46.0. The maximum Gasteiger partial charge on any atom is 0.335 e. The molecule has 13 N–H and O–H groups in total. The number of alkyl halides is 2. The smallest absolute Gasteiger partial charge is 0.335 e. The van der Waals surface area contributed by atoms with Crippen molar-refractivity contribution in [2.24, 2.45) is 57.7 Å². The molecule has 8 aliphatic rings. The standard InChI is InChI=1S/C27H26Cl2N2O4.C24H34O3.C16H24N2O2.C11H22N2O2.2C9H18O5/c28-12-16-14-30(22-10-18(32)8-9-19(16)22)25(34)6-3-7-26(35)31-15-17(13-29)27-21-5-2-1-4-20(21)24(33)11-23(27)31;1-23-10-7-17(25)14-16(23)3-4-18-20-6-5-19(15-9-12-27-22(26)13-15)24(20,2)11-8-21(18)23;1-4-15(19)18(11-10-17-16(20)13(2)3)12-14-8-6-5-7-9-14;1-6-9(14)13(5)8-7-12-10(15)11(2,3)4;2*1-4(2)9-8(13)7(12)6(11)5(3-10)14-9/h1-2,4-5,8-11,16-17,32-33H,3,6-7,12-15H2;9,12-13,16-21,25H,3-8,10-11,14H2,1-2H3;5-9,13H,4,10-12H2,1-3H3,(H,17,20);6-8H2,1-5H3,(H,12,15);2*4-13H,3H2,1-2H3/t;16-,17+,18?,19?,20?,21?,23+,24-;;;2*5?,6-,7-,8?,9-/m.1..00/s1. The van der Waals surface area contributed by atoms with E-state index in [-0.39, 0.29) is 120 Å². The van der Waals surface area contributed by atoms with Crippen LogP contribution in [0.5, 0.6) is 11.5 Å². The van der Waals surface area contributed by atoms with E-state index in [0.717, 1.165) is 64.0 Å². The second-order valence-electron chi connectivity index (χ2n) is 37.7. The number of aromatic hydroxyl groups is 2. The Labute approximate surface area is 747 Å². The van der Waals surface area contributed by atoms with Crippen molar-refractivity contribution < 1.29 is 98.8 Å². The van der Waals surface area contributed by atoms with Gasteiger partial charge in [0.1, 0.15) is 60.3 Å². The molecule has 13 rings (SSSR count). The number of halogens is 2. The largest absolute Gasteiger partial charge is 0.508 e. The average Bonchev–Trinajstić information content (AvgIpc) is 1.63. The third-order valence-electron chi connectivity index (χ3n) is 27.2. The zero-order valence-corrected chi connectivity index (χ0v) is 77.1. The van der Waals surface area contributed by atoms with Crippen LogP contribution >= 0.6 is 23.2 Å². The number of carbonyl (C=O) groups is 6. The molecular formula is C96H142Cl2N6O21. The van der Waals surface area contributed by atoms with Crippen molar-refractivity contribution in [3.05, 3.63) is 130 Å². The van der Waals surface area contributed by atoms with E-state index in [0.29, 0.717) is 105 Å². The first kappa shape index (κ1) is 103. The van der Waals surface area contributed by atoms with Crippen LogP contribution in [0.1, 0.15) is 220 Å². The molecule has 29 heteroatoms. The highest BCUT2D eigenvalue weighted by Gasteiger charge is 2.61. The average molecular weight is 1790 g/mol. The van der Waals surface area contributed by atoms with Gasteiger partial charge in [-0.05, 0) is 156 Å². The molecule has 10 unspecified atom stereocenters. The summed E-state index contributed by atoms with van der Waals surface area (Å²) in [6.07, 6.45) is 4.43. The Morgan fingerprint density at radius 1 is 0.608 bits per heavy atom. The number of anilines is 2. The van der Waals surface area contributed by atoms with Gasteiger partial charge < -0.3 is 100 Å². The van der Waals surface area contributed by atoms with Gasteiger partial charge in [-0.15, -0.1) is 23.2 Å². The van der Waals surface area contributed by atoms with Crippen molar-refractivity contribution in [2.75, 3.05) is 81.1 Å². The molecule has 5 aromatic rings. The summed E-state index contributed by atoms with van der Waals surface area (Å²) >= 11 is 12.4. The fourth-order valence-electron chi connectivity index (χ4n) is 19.9. The Balaban J connectivity index is 0.000000194. The lowest BCUT2D eigenvalue weighted by atomic mass is 9.44. The van der Waals surface area contributed by atoms with Crippen LogP contribution in [0.15, 0.2) is 106 Å². The predicted octanol–water partition coefficient (Wildman–Crippen LogP) is 10.8. The molecule has 125 heavy (non-hydrogen) atoms. The number of likely N-dealkylation sites (N-methyl/N-ethyl adjacent to an activating group) is 1. The quantitative estimate of drug-likeness (QED) is 0.0286. The molecule has 4 saturated carbocycles. The van der Waals surface area contributed by atoms with E-state index < -0.39 is 61.0 Å². The van der Waals surface area contributed by atoms with Crippen LogP contribution in [0.25, 0.3) is 10.8 Å². The molecule has 696 valence electrons. The van der Waals surface area contributed by atoms with Crippen LogP contribution < -0.4 is 26.1 Å². The lowest BCUT2D eigenvalue weighted by Gasteiger charge is -2.61. The van der Waals surface area contributed by atoms with Gasteiger partial charge in [-0.25, -0.2) is 4.79 Å². The second kappa shape index (κ2) is 46.8. The van der Waals surface area contributed by atoms with E-state index in [1.165, 1.54) is 50.5 Å². The minimum atomic E-state index is -1.26. The Bertz CT molecular complexity index is 4340. The number of aliphatic hydroxyl groups excluding tert-OH is 9. The first-order chi connectivity index (χ1) is 59.1. The number of phenols is 2. The Morgan fingerprint density at radius 3 is 1.71 bits per heavy atom. The SMILES string of the molecule is CC(C)[C@@H]1OC(CO)[C@H](O)[C@H](O)C1O.CC(C)[C@@H]1OC(CO)[C@H](O)[C@H](O)C1O.CCC(=O)N(C)CCNC(=O)C(C)(C)C.CCC(=O)N(CCNC(=O)C(C)C)Cc1ccccc1.C[C@]12CCC3C(CC[C@@H]4C[C@@H](O)CC[C@]34C)C1CCC2c1ccoc(=O)c1.O=C(CCCC(=O)N1CC(CCl)c2c1cc(O)c1ccccc21)N1CC(CCl)c2ccc(O)cc21. The Hall–Kier alpha value is -7.35. The highest BCUT2D eigenvalue weighted by atomic mass is 35.5. The number of hydrogen-bond acceptors (Lipinski definition) is 21. The molecule has 5 heterocycles. The summed E-state index contributed by atoms with van der Waals surface area (Å²) in [5, 5.41) is 113. The molecule has 4 aromatic carbocycles. The highest BCUT2D eigenvalue weighted by molar-refractivity contribution is 6.19. The van der Waals surface area contributed by atoms with Crippen molar-refractivity contribution in [2.45, 2.75) is 271 Å². The predicted molar refractivity (Wildman–Crippen MR) is 482 cm³/mol. The van der Waals surface area contributed by atoms with Crippen LogP contribution in [0.4, 0.5) is 11.4 Å². The summed E-state index contributed by atoms with van der Waals surface area (Å²) in [5.74, 6) is 4.72. The molecule has 0 bridgehead atoms. The van der Waals surface area contributed by atoms with E-state index in [9.17, 15) is 79.5 Å². The molecule has 4 aliphatic carbocycles. The van der Waals surface area contributed by atoms with Gasteiger partial charge in [0.05, 0.1) is 49.2 Å². The number of fused-ring (bicyclic) bond motifs is 9. The fourth-order valence-corrected chi connectivity index (χ4v) is 20.5. The van der Waals surface area contributed by atoms with Gasteiger partial charge >= 0.3 is 5.63 Å². The maximum atomic E-state index is 13.2. The molecule has 4 aliphatic heterocycles. The van der Waals surface area contributed by atoms with Crippen LogP contribution in [0.3, 0.4) is 0 Å². The molecule has 6 amide bonds. The van der Waals surface area contributed by atoms with Crippen LogP contribution in [-0.4, -0.2) is 240 Å². The summed E-state index contributed by atoms with van der Waals surface area (Å²) in [7, 11) is 1.75. The van der Waals surface area contributed by atoms with Crippen molar-refractivity contribution in [3.63, 3.8) is 0 Å². The monoisotopic (exact) mass is 1780 g/mol. The number of nitrogens with one attached hydrogen (secondary N) is 2. The number of nitrogens with zero attached hydrogens (tertiary/aromatic N) is 4. The molecule has 0 spiro atoms. The van der Waals surface area contributed by atoms with Gasteiger partial charge in [0, 0.05) is 137 Å². The molecular weight excluding hydrogens is 1640 g/mol. The van der Waals surface area contributed by atoms with E-state index in [1.807, 2.05) is 143 Å². The van der Waals surface area contributed by atoms with Crippen molar-refractivity contribution in [3.8, 4) is 11.5 Å². The second-order valence-corrected chi connectivity index (χ2v) is 38.3. The number of carbonyl (C=O) groups excluding carboxylic acids is 6. The highest BCUT2D eigenvalue weighted by Crippen LogP contribution is 2.69. The number of hydrogen-bond donors (Lipinski definition) is 13. The maximum absolute atomic E-state index is 13.2. The first-order valence-electron chi connectivity index (χ1n) is 44.9. The number of aliphatic hydroxyl groups is 9. The van der Waals surface area contributed by atoms with E-state index in [1.54, 1.807) is 57.2 Å². The van der Waals surface area contributed by atoms with Crippen LogP contribution in [0.2, 0.25) is 0 Å². The van der Waals surface area contributed by atoms with Crippen LogP contribution in [-0.2, 0) is 44.8 Å². The van der Waals surface area contributed by atoms with Gasteiger partial charge in [0.25, 0.3) is 0 Å². The molecule has 1 aromatic heterocycles. The molecule has 20 atom stereocenters. The van der Waals surface area contributed by atoms with E-state index in [4.69, 9.17) is 47.3 Å². The number of phenolic OH excluding ortho intramolecular Hbond substituents is 2. The molecule has 27 nitrogen and oxygen atoms in total. The summed E-state index contributed by atoms with van der Waals surface area (Å²) < 4.78 is 15.6. The van der Waals surface area contributed by atoms with E-state index in [2.05, 4.69) is 24.5 Å². The normalized spacial score (nSPS) is 28.8.